The Hall–Kier alpha value is -5.40. The Labute approximate surface area is 327 Å². The second-order valence-electron chi connectivity index (χ2n) is 14.5. The van der Waals surface area contributed by atoms with Gasteiger partial charge in [-0.15, -0.1) is 0 Å². The molecule has 0 saturated carbocycles. The Kier molecular flexibility index (Phi) is 15.9. The summed E-state index contributed by atoms with van der Waals surface area (Å²) >= 11 is 0. The molecule has 1 unspecified atom stereocenters. The lowest BCUT2D eigenvalue weighted by Crippen LogP contribution is -2.47. The van der Waals surface area contributed by atoms with Crippen LogP contribution in [0.3, 0.4) is 0 Å². The van der Waals surface area contributed by atoms with E-state index in [4.69, 9.17) is 19.9 Å². The summed E-state index contributed by atoms with van der Waals surface area (Å²) in [7, 11) is 1.10. The van der Waals surface area contributed by atoms with E-state index in [1.807, 2.05) is 20.8 Å². The van der Waals surface area contributed by atoms with Crippen LogP contribution in [0, 0.1) is 11.3 Å². The minimum atomic E-state index is -5.28. The smallest absolute Gasteiger partial charge is 0.467 e. The number of nitrogens with one attached hydrogen (secondary N) is 4. The fraction of sp³-hybridized carbons (Fsp3) is 0.500. The molecule has 0 radical (unpaired) electrons. The van der Waals surface area contributed by atoms with Gasteiger partial charge >= 0.3 is 18.1 Å². The highest BCUT2D eigenvalue weighted by molar-refractivity contribution is 6.00. The van der Waals surface area contributed by atoms with Gasteiger partial charge in [0.05, 0.1) is 37.8 Å². The number of rotatable bonds is 18. The molecular weight excluding hydrogens is 755 g/mol. The summed E-state index contributed by atoms with van der Waals surface area (Å²) in [5, 5.41) is 7.63. The van der Waals surface area contributed by atoms with Gasteiger partial charge in [0, 0.05) is 42.1 Å². The minimum absolute atomic E-state index is 0.000866. The van der Waals surface area contributed by atoms with Crippen LogP contribution in [-0.4, -0.2) is 91.0 Å². The average Bonchev–Trinajstić information content (AvgIpc) is 3.15. The number of nitrogens with zero attached hydrogens (tertiary/aromatic N) is 2. The van der Waals surface area contributed by atoms with Gasteiger partial charge in [-0.3, -0.25) is 34.3 Å². The largest absolute Gasteiger partial charge is 0.471 e. The number of carbonyl (C=O) groups excluding carboxylic acids is 5. The molecule has 3 aromatic rings. The van der Waals surface area contributed by atoms with Gasteiger partial charge in [-0.05, 0) is 55.3 Å². The number of ether oxygens (including phenoxy) is 3. The van der Waals surface area contributed by atoms with Crippen molar-refractivity contribution in [2.24, 2.45) is 17.1 Å². The van der Waals surface area contributed by atoms with Gasteiger partial charge in [0.2, 0.25) is 17.8 Å². The number of hydrogen-bond acceptors (Lipinski definition) is 11. The number of amides is 4. The summed E-state index contributed by atoms with van der Waals surface area (Å²) in [5.74, 6) is -6.15. The maximum atomic E-state index is 13.8. The summed E-state index contributed by atoms with van der Waals surface area (Å²) in [6, 6.07) is 7.32. The van der Waals surface area contributed by atoms with E-state index in [2.05, 4.69) is 25.9 Å². The van der Waals surface area contributed by atoms with Crippen molar-refractivity contribution in [1.29, 1.82) is 0 Å². The van der Waals surface area contributed by atoms with Crippen LogP contribution >= 0.6 is 0 Å². The van der Waals surface area contributed by atoms with Gasteiger partial charge in [-0.1, -0.05) is 40.7 Å². The third kappa shape index (κ3) is 12.8. The molecule has 0 bridgehead atoms. The van der Waals surface area contributed by atoms with Gasteiger partial charge < -0.3 is 35.5 Å². The second kappa shape index (κ2) is 19.6. The van der Waals surface area contributed by atoms with E-state index < -0.39 is 71.0 Å². The van der Waals surface area contributed by atoms with E-state index in [0.717, 1.165) is 31.4 Å². The van der Waals surface area contributed by atoms with E-state index in [1.54, 1.807) is 20.8 Å². The maximum Gasteiger partial charge on any atom is 0.471 e. The molecule has 0 aliphatic carbocycles. The number of carbonyl (C=O) groups is 5. The topological polar surface area (TPSA) is 224 Å². The molecule has 1 heterocycles. The number of H-pyrrole nitrogens is 1. The number of methoxy groups -OCH3 is 1. The molecule has 0 spiro atoms. The molecule has 57 heavy (non-hydrogen) atoms. The molecule has 6 N–H and O–H groups in total. The lowest BCUT2D eigenvalue weighted by molar-refractivity contribution is -0.275. The Balaban J connectivity index is 1.70. The number of aromatic amines is 1. The quantitative estimate of drug-likeness (QED) is 0.0711. The molecule has 0 saturated heterocycles. The van der Waals surface area contributed by atoms with Crippen molar-refractivity contribution in [2.45, 2.75) is 78.9 Å². The van der Waals surface area contributed by atoms with Crippen LogP contribution in [0.15, 0.2) is 47.3 Å². The van der Waals surface area contributed by atoms with Gasteiger partial charge in [0.25, 0.3) is 11.5 Å². The molecule has 1 aromatic heterocycles. The summed E-state index contributed by atoms with van der Waals surface area (Å²) < 4.78 is 57.8. The fourth-order valence-electron chi connectivity index (χ4n) is 5.17. The number of nitrogens with two attached hydrogens (primary N) is 1. The second-order valence-corrected chi connectivity index (χ2v) is 14.5. The standard InChI is InChI=1S/C38H50F3N7O9/c1-22(2)30(50)46-35-45-27-13-8-23(20-26(27)32(52)47-35)21-48(34(54)38(39,40)41)25-11-9-24(10-12-25)31(51)44-28(33(53)55-7)14-15-29(49)43-17-19-57-37(6,36(3,4)5)56-18-16-42/h8-13,20,22,28H,14-19,21,42H2,1-7H3,(H,43,49)(H,44,51)(H2,45,46,47,50,52)/t28-,37?/m0/s1. The molecule has 0 fully saturated rings. The highest BCUT2D eigenvalue weighted by atomic mass is 19.4. The van der Waals surface area contributed by atoms with E-state index in [1.165, 1.54) is 18.2 Å². The Morgan fingerprint density at radius 2 is 1.61 bits per heavy atom. The third-order valence-electron chi connectivity index (χ3n) is 8.92. The maximum absolute atomic E-state index is 13.8. The van der Waals surface area contributed by atoms with Crippen LogP contribution in [-0.2, 0) is 39.9 Å². The molecule has 0 aliphatic rings. The van der Waals surface area contributed by atoms with Crippen LogP contribution in [0.25, 0.3) is 10.9 Å². The Bertz CT molecular complexity index is 1960. The Morgan fingerprint density at radius 1 is 0.965 bits per heavy atom. The lowest BCUT2D eigenvalue weighted by Gasteiger charge is -2.41. The van der Waals surface area contributed by atoms with Gasteiger partial charge in [-0.2, -0.15) is 13.2 Å². The van der Waals surface area contributed by atoms with Crippen molar-refractivity contribution < 1.29 is 51.4 Å². The lowest BCUT2D eigenvalue weighted by atomic mass is 9.86. The SMILES string of the molecule is COC(=O)[C@H](CCC(=O)NCCOC(C)(OCCN)C(C)(C)C)NC(=O)c1ccc(N(Cc2ccc3nc(NC(=O)C(C)C)[nH]c(=O)c3c2)C(=O)C(F)(F)F)cc1. The predicted octanol–water partition coefficient (Wildman–Crippen LogP) is 3.54. The van der Waals surface area contributed by atoms with Crippen LogP contribution < -0.4 is 32.1 Å². The van der Waals surface area contributed by atoms with Crippen molar-refractivity contribution >= 4 is 52.1 Å². The van der Waals surface area contributed by atoms with Gasteiger partial charge in [-0.25, -0.2) is 9.78 Å². The first kappa shape index (κ1) is 46.0. The van der Waals surface area contributed by atoms with Crippen LogP contribution in [0.1, 0.15) is 70.3 Å². The summed E-state index contributed by atoms with van der Waals surface area (Å²) in [4.78, 5) is 82.7. The molecule has 312 valence electrons. The molecule has 0 aliphatic heterocycles. The number of alkyl halides is 3. The van der Waals surface area contributed by atoms with Crippen LogP contribution in [0.4, 0.5) is 24.8 Å². The van der Waals surface area contributed by atoms with E-state index in [0.29, 0.717) is 11.4 Å². The van der Waals surface area contributed by atoms with Gasteiger partial charge in [0.1, 0.15) is 6.04 Å². The number of anilines is 2. The number of benzene rings is 2. The Morgan fingerprint density at radius 3 is 2.19 bits per heavy atom. The number of fused-ring (bicyclic) bond motifs is 1. The zero-order valence-corrected chi connectivity index (χ0v) is 32.9. The van der Waals surface area contributed by atoms with Crippen molar-refractivity contribution in [3.63, 3.8) is 0 Å². The molecule has 3 rings (SSSR count). The first-order valence-electron chi connectivity index (χ1n) is 18.1. The first-order valence-corrected chi connectivity index (χ1v) is 18.1. The molecule has 2 atom stereocenters. The summed E-state index contributed by atoms with van der Waals surface area (Å²) in [5.41, 5.74) is 4.47. The zero-order chi connectivity index (χ0) is 42.7. The van der Waals surface area contributed by atoms with Gasteiger partial charge in [0.15, 0.2) is 5.79 Å². The number of aromatic nitrogens is 2. The fourth-order valence-corrected chi connectivity index (χ4v) is 5.17. The summed E-state index contributed by atoms with van der Waals surface area (Å²) in [6.45, 7) is 11.1. The first-order chi connectivity index (χ1) is 26.6. The van der Waals surface area contributed by atoms with E-state index in [-0.39, 0.29) is 66.3 Å². The summed E-state index contributed by atoms with van der Waals surface area (Å²) in [6.07, 6.45) is -5.61. The van der Waals surface area contributed by atoms with Crippen molar-refractivity contribution in [3.05, 3.63) is 63.9 Å². The third-order valence-corrected chi connectivity index (χ3v) is 8.92. The molecule has 4 amide bonds. The molecule has 19 heteroatoms. The highest BCUT2D eigenvalue weighted by Gasteiger charge is 2.43. The van der Waals surface area contributed by atoms with Crippen LogP contribution in [0.5, 0.6) is 0 Å². The van der Waals surface area contributed by atoms with E-state index >= 15 is 0 Å². The van der Waals surface area contributed by atoms with Crippen molar-refractivity contribution in [2.75, 3.05) is 43.6 Å². The molecule has 2 aromatic carbocycles. The van der Waals surface area contributed by atoms with Crippen molar-refractivity contribution in [1.82, 2.24) is 20.6 Å². The van der Waals surface area contributed by atoms with E-state index in [9.17, 15) is 41.9 Å². The normalized spacial score (nSPS) is 13.4. The monoisotopic (exact) mass is 805 g/mol. The molecular formula is C38H50F3N7O9. The number of esters is 1. The van der Waals surface area contributed by atoms with Crippen LogP contribution in [0.2, 0.25) is 0 Å². The van der Waals surface area contributed by atoms with Crippen molar-refractivity contribution in [3.8, 4) is 0 Å². The zero-order valence-electron chi connectivity index (χ0n) is 32.9. The predicted molar refractivity (Wildman–Crippen MR) is 204 cm³/mol. The minimum Gasteiger partial charge on any atom is -0.467 e. The average molecular weight is 806 g/mol. The number of halogens is 3. The highest BCUT2D eigenvalue weighted by Crippen LogP contribution is 2.34. The number of hydrogen-bond donors (Lipinski definition) is 5. The molecule has 16 nitrogen and oxygen atoms in total.